The van der Waals surface area contributed by atoms with Crippen LogP contribution in [0.2, 0.25) is 0 Å². The number of piperazine rings is 1. The lowest BCUT2D eigenvalue weighted by atomic mass is 9.85. The van der Waals surface area contributed by atoms with Crippen molar-refractivity contribution in [1.29, 1.82) is 0 Å². The van der Waals surface area contributed by atoms with Crippen LogP contribution in [0.15, 0.2) is 17.5 Å². The van der Waals surface area contributed by atoms with Gasteiger partial charge < -0.3 is 10.2 Å². The molecule has 2 aliphatic rings. The number of hydrogen-bond donors (Lipinski definition) is 1. The Morgan fingerprint density at radius 1 is 1.32 bits per heavy atom. The van der Waals surface area contributed by atoms with Crippen molar-refractivity contribution in [3.8, 4) is 0 Å². The molecule has 0 aliphatic carbocycles. The van der Waals surface area contributed by atoms with Crippen LogP contribution in [0, 0.1) is 0 Å². The van der Waals surface area contributed by atoms with E-state index in [0.29, 0.717) is 5.91 Å². The second-order valence-corrected chi connectivity index (χ2v) is 7.50. The first-order valence-electron chi connectivity index (χ1n) is 8.53. The highest BCUT2D eigenvalue weighted by atomic mass is 32.1. The van der Waals surface area contributed by atoms with Crippen LogP contribution in [0.25, 0.3) is 0 Å². The van der Waals surface area contributed by atoms with Crippen molar-refractivity contribution >= 4 is 17.2 Å². The molecule has 1 atom stereocenters. The van der Waals surface area contributed by atoms with Gasteiger partial charge in [-0.3, -0.25) is 9.69 Å². The predicted molar refractivity (Wildman–Crippen MR) is 91.1 cm³/mol. The zero-order chi connectivity index (χ0) is 15.4. The first kappa shape index (κ1) is 16.0. The Balaban J connectivity index is 1.55. The Kier molecular flexibility index (Phi) is 5.16. The molecule has 2 saturated heterocycles. The Bertz CT molecular complexity index is 474. The van der Waals surface area contributed by atoms with Gasteiger partial charge in [-0.05, 0) is 43.7 Å². The van der Waals surface area contributed by atoms with Gasteiger partial charge in [0.1, 0.15) is 0 Å². The van der Waals surface area contributed by atoms with E-state index < -0.39 is 0 Å². The van der Waals surface area contributed by atoms with Crippen LogP contribution >= 0.6 is 11.3 Å². The first-order valence-corrected chi connectivity index (χ1v) is 9.41. The summed E-state index contributed by atoms with van der Waals surface area (Å²) in [5, 5.41) is 5.66. The van der Waals surface area contributed by atoms with Crippen LogP contribution < -0.4 is 5.32 Å². The molecule has 0 unspecified atom stereocenters. The minimum Gasteiger partial charge on any atom is -0.339 e. The standard InChI is InChI=1S/C17H27N3OS/c1-2-17(7-3-4-8-18-17)16(21)20-11-9-19(10-12-20)14-15-6-5-13-22-15/h5-6,13,18H,2-4,7-12,14H2,1H3/t17-/m0/s1. The van der Waals surface area contributed by atoms with Crippen molar-refractivity contribution in [3.63, 3.8) is 0 Å². The lowest BCUT2D eigenvalue weighted by Crippen LogP contribution is -2.62. The summed E-state index contributed by atoms with van der Waals surface area (Å²) in [5.41, 5.74) is -0.284. The summed E-state index contributed by atoms with van der Waals surface area (Å²) in [5.74, 6) is 0.338. The van der Waals surface area contributed by atoms with E-state index in [-0.39, 0.29) is 5.54 Å². The van der Waals surface area contributed by atoms with Crippen LogP contribution in [0.5, 0.6) is 0 Å². The second kappa shape index (κ2) is 7.11. The topological polar surface area (TPSA) is 35.6 Å². The molecule has 0 bridgehead atoms. The molecule has 1 amide bonds. The molecule has 1 aromatic heterocycles. The highest BCUT2D eigenvalue weighted by molar-refractivity contribution is 7.09. The number of piperidine rings is 1. The van der Waals surface area contributed by atoms with Gasteiger partial charge in [0.2, 0.25) is 5.91 Å². The Hall–Kier alpha value is -0.910. The largest absolute Gasteiger partial charge is 0.339 e. The van der Waals surface area contributed by atoms with E-state index in [4.69, 9.17) is 0 Å². The molecule has 0 aromatic carbocycles. The fraction of sp³-hybridized carbons (Fsp3) is 0.706. The van der Waals surface area contributed by atoms with Crippen LogP contribution in [0.3, 0.4) is 0 Å². The highest BCUT2D eigenvalue weighted by Crippen LogP contribution is 2.26. The van der Waals surface area contributed by atoms with Gasteiger partial charge in [-0.2, -0.15) is 0 Å². The molecule has 0 radical (unpaired) electrons. The van der Waals surface area contributed by atoms with Crippen molar-refractivity contribution in [2.24, 2.45) is 0 Å². The van der Waals surface area contributed by atoms with Crippen molar-refractivity contribution in [2.45, 2.75) is 44.7 Å². The van der Waals surface area contributed by atoms with Crippen molar-refractivity contribution in [2.75, 3.05) is 32.7 Å². The molecular weight excluding hydrogens is 294 g/mol. The third-order valence-electron chi connectivity index (χ3n) is 5.13. The smallest absolute Gasteiger partial charge is 0.242 e. The monoisotopic (exact) mass is 321 g/mol. The number of rotatable bonds is 4. The summed E-state index contributed by atoms with van der Waals surface area (Å²) >= 11 is 1.82. The number of thiophene rings is 1. The molecule has 2 aliphatic heterocycles. The van der Waals surface area contributed by atoms with Gasteiger partial charge in [0.15, 0.2) is 0 Å². The Labute approximate surface area is 137 Å². The van der Waals surface area contributed by atoms with Crippen LogP contribution in [-0.2, 0) is 11.3 Å². The van der Waals surface area contributed by atoms with E-state index in [2.05, 4.69) is 39.6 Å². The van der Waals surface area contributed by atoms with Crippen molar-refractivity contribution in [3.05, 3.63) is 22.4 Å². The minimum absolute atomic E-state index is 0.284. The maximum atomic E-state index is 13.0. The van der Waals surface area contributed by atoms with Crippen LogP contribution in [0.4, 0.5) is 0 Å². The predicted octanol–water partition coefficient (Wildman–Crippen LogP) is 2.31. The van der Waals surface area contributed by atoms with Gasteiger partial charge in [0, 0.05) is 37.6 Å². The van der Waals surface area contributed by atoms with E-state index in [1.807, 2.05) is 11.3 Å². The maximum absolute atomic E-state index is 13.0. The molecule has 1 aromatic rings. The van der Waals surface area contributed by atoms with Crippen LogP contribution in [0.1, 0.15) is 37.5 Å². The molecule has 0 saturated carbocycles. The maximum Gasteiger partial charge on any atom is 0.242 e. The number of carbonyl (C=O) groups excluding carboxylic acids is 1. The molecule has 3 heterocycles. The average molecular weight is 321 g/mol. The molecule has 122 valence electrons. The molecule has 1 N–H and O–H groups in total. The van der Waals surface area contributed by atoms with Gasteiger partial charge in [0.05, 0.1) is 5.54 Å². The Morgan fingerprint density at radius 2 is 2.14 bits per heavy atom. The fourth-order valence-electron chi connectivity index (χ4n) is 3.64. The summed E-state index contributed by atoms with van der Waals surface area (Å²) < 4.78 is 0. The van der Waals surface area contributed by atoms with Gasteiger partial charge in [-0.25, -0.2) is 0 Å². The molecule has 2 fully saturated rings. The third-order valence-corrected chi connectivity index (χ3v) is 5.99. The summed E-state index contributed by atoms with van der Waals surface area (Å²) in [6, 6.07) is 4.31. The normalized spacial score (nSPS) is 27.0. The molecule has 22 heavy (non-hydrogen) atoms. The highest BCUT2D eigenvalue weighted by Gasteiger charge is 2.40. The van der Waals surface area contributed by atoms with Crippen molar-refractivity contribution < 1.29 is 4.79 Å². The molecule has 0 spiro atoms. The fourth-order valence-corrected chi connectivity index (χ4v) is 4.38. The molecule has 4 nitrogen and oxygen atoms in total. The lowest BCUT2D eigenvalue weighted by Gasteiger charge is -2.43. The summed E-state index contributed by atoms with van der Waals surface area (Å²) in [4.78, 5) is 18.9. The van der Waals surface area contributed by atoms with E-state index in [0.717, 1.165) is 52.1 Å². The molecule has 5 heteroatoms. The van der Waals surface area contributed by atoms with Gasteiger partial charge in [-0.1, -0.05) is 13.0 Å². The zero-order valence-corrected chi connectivity index (χ0v) is 14.3. The van der Waals surface area contributed by atoms with Gasteiger partial charge in [0.25, 0.3) is 0 Å². The number of amides is 1. The van der Waals surface area contributed by atoms with Crippen LogP contribution in [-0.4, -0.2) is 54.0 Å². The third kappa shape index (κ3) is 3.36. The minimum atomic E-state index is -0.284. The first-order chi connectivity index (χ1) is 10.7. The van der Waals surface area contributed by atoms with E-state index in [1.165, 1.54) is 17.7 Å². The van der Waals surface area contributed by atoms with E-state index >= 15 is 0 Å². The zero-order valence-electron chi connectivity index (χ0n) is 13.5. The average Bonchev–Trinajstić information content (AvgIpc) is 3.08. The number of carbonyl (C=O) groups is 1. The molecule has 3 rings (SSSR count). The SMILES string of the molecule is CC[C@@]1(C(=O)N2CCN(Cc3cccs3)CC2)CCCCN1. The number of nitrogens with zero attached hydrogens (tertiary/aromatic N) is 2. The number of nitrogens with one attached hydrogen (secondary N) is 1. The second-order valence-electron chi connectivity index (χ2n) is 6.47. The van der Waals surface area contributed by atoms with Gasteiger partial charge in [-0.15, -0.1) is 11.3 Å². The summed E-state index contributed by atoms with van der Waals surface area (Å²) in [7, 11) is 0. The quantitative estimate of drug-likeness (QED) is 0.924. The summed E-state index contributed by atoms with van der Waals surface area (Å²) in [6.07, 6.45) is 4.27. The van der Waals surface area contributed by atoms with Gasteiger partial charge >= 0.3 is 0 Å². The van der Waals surface area contributed by atoms with E-state index in [9.17, 15) is 4.79 Å². The van der Waals surface area contributed by atoms with Crippen molar-refractivity contribution in [1.82, 2.24) is 15.1 Å². The lowest BCUT2D eigenvalue weighted by molar-refractivity contribution is -0.141. The Morgan fingerprint density at radius 3 is 2.73 bits per heavy atom. The molecular formula is C17H27N3OS. The number of hydrogen-bond acceptors (Lipinski definition) is 4. The van der Waals surface area contributed by atoms with E-state index in [1.54, 1.807) is 0 Å². The summed E-state index contributed by atoms with van der Waals surface area (Å²) in [6.45, 7) is 7.87.